The van der Waals surface area contributed by atoms with Crippen LogP contribution in [-0.4, -0.2) is 19.6 Å². The summed E-state index contributed by atoms with van der Waals surface area (Å²) in [7, 11) is 1.62. The van der Waals surface area contributed by atoms with Crippen molar-refractivity contribution in [3.05, 3.63) is 65.7 Å². The number of ether oxygens (including phenoxy) is 2. The van der Waals surface area contributed by atoms with E-state index in [-0.39, 0.29) is 5.91 Å². The van der Waals surface area contributed by atoms with Crippen LogP contribution in [0.4, 0.5) is 0 Å². The summed E-state index contributed by atoms with van der Waals surface area (Å²) in [5.41, 5.74) is 1.94. The van der Waals surface area contributed by atoms with Crippen LogP contribution in [0.1, 0.15) is 18.1 Å². The number of carbonyl (C=O) groups excluding carboxylic acids is 1. The minimum Gasteiger partial charge on any atom is -0.497 e. The Bertz CT molecular complexity index is 663. The van der Waals surface area contributed by atoms with E-state index in [1.807, 2.05) is 55.5 Å². The topological polar surface area (TPSA) is 47.6 Å². The molecule has 1 amide bonds. The number of carbonyl (C=O) groups is 1. The van der Waals surface area contributed by atoms with Crippen molar-refractivity contribution in [2.45, 2.75) is 13.5 Å². The fraction of sp³-hybridized carbons (Fsp3) is 0.211. The number of nitrogens with one attached hydrogen (secondary N) is 1. The lowest BCUT2D eigenvalue weighted by Crippen LogP contribution is -2.20. The quantitative estimate of drug-likeness (QED) is 0.797. The number of amides is 1. The number of benzene rings is 2. The highest BCUT2D eigenvalue weighted by molar-refractivity contribution is 5.91. The standard InChI is InChI=1S/C19H21NO3/c1-3-23-17-10-7-15(8-11-17)9-12-19(21)20-14-16-5-4-6-18(13-16)22-2/h4-13H,3,14H2,1-2H3,(H,20,21)/b12-9+. The largest absolute Gasteiger partial charge is 0.497 e. The summed E-state index contributed by atoms with van der Waals surface area (Å²) in [6.45, 7) is 3.05. The zero-order chi connectivity index (χ0) is 16.5. The third-order valence-electron chi connectivity index (χ3n) is 3.22. The van der Waals surface area contributed by atoms with Gasteiger partial charge in [0.25, 0.3) is 0 Å². The molecule has 0 radical (unpaired) electrons. The van der Waals surface area contributed by atoms with Crippen molar-refractivity contribution in [1.29, 1.82) is 0 Å². The van der Waals surface area contributed by atoms with Crippen LogP contribution < -0.4 is 14.8 Å². The van der Waals surface area contributed by atoms with Crippen LogP contribution in [0.2, 0.25) is 0 Å². The molecule has 120 valence electrons. The molecule has 0 spiro atoms. The predicted octanol–water partition coefficient (Wildman–Crippen LogP) is 3.42. The van der Waals surface area contributed by atoms with Crippen molar-refractivity contribution in [3.8, 4) is 11.5 Å². The molecular formula is C19H21NO3. The first-order valence-electron chi connectivity index (χ1n) is 7.53. The fourth-order valence-corrected chi connectivity index (χ4v) is 2.04. The van der Waals surface area contributed by atoms with Gasteiger partial charge < -0.3 is 14.8 Å². The van der Waals surface area contributed by atoms with Crippen LogP contribution in [0.25, 0.3) is 6.08 Å². The second-order valence-electron chi connectivity index (χ2n) is 4.90. The Morgan fingerprint density at radius 2 is 1.91 bits per heavy atom. The van der Waals surface area contributed by atoms with Gasteiger partial charge in [-0.05, 0) is 48.4 Å². The lowest BCUT2D eigenvalue weighted by atomic mass is 10.2. The minimum absolute atomic E-state index is 0.137. The molecule has 0 bridgehead atoms. The zero-order valence-corrected chi connectivity index (χ0v) is 13.4. The molecule has 0 heterocycles. The Balaban J connectivity index is 1.86. The summed E-state index contributed by atoms with van der Waals surface area (Å²) >= 11 is 0. The molecule has 23 heavy (non-hydrogen) atoms. The molecule has 0 aliphatic carbocycles. The fourth-order valence-electron chi connectivity index (χ4n) is 2.04. The molecule has 0 saturated heterocycles. The van der Waals surface area contributed by atoms with Gasteiger partial charge >= 0.3 is 0 Å². The Kier molecular flexibility index (Phi) is 6.24. The average molecular weight is 311 g/mol. The maximum absolute atomic E-state index is 11.9. The number of hydrogen-bond acceptors (Lipinski definition) is 3. The van der Waals surface area contributed by atoms with Gasteiger partial charge in [0, 0.05) is 12.6 Å². The zero-order valence-electron chi connectivity index (χ0n) is 13.4. The Labute approximate surface area is 136 Å². The Hall–Kier alpha value is -2.75. The number of rotatable bonds is 7. The summed E-state index contributed by atoms with van der Waals surface area (Å²) in [6.07, 6.45) is 3.30. The van der Waals surface area contributed by atoms with Crippen LogP contribution in [0, 0.1) is 0 Å². The highest BCUT2D eigenvalue weighted by atomic mass is 16.5. The van der Waals surface area contributed by atoms with Gasteiger partial charge in [0.1, 0.15) is 11.5 Å². The van der Waals surface area contributed by atoms with Crippen molar-refractivity contribution in [3.63, 3.8) is 0 Å². The molecule has 0 aliphatic heterocycles. The number of methoxy groups -OCH3 is 1. The van der Waals surface area contributed by atoms with Gasteiger partial charge in [-0.1, -0.05) is 24.3 Å². The van der Waals surface area contributed by atoms with Crippen molar-refractivity contribution < 1.29 is 14.3 Å². The van der Waals surface area contributed by atoms with Gasteiger partial charge in [0.2, 0.25) is 5.91 Å². The van der Waals surface area contributed by atoms with E-state index in [0.717, 1.165) is 22.6 Å². The lowest BCUT2D eigenvalue weighted by Gasteiger charge is -2.05. The summed E-state index contributed by atoms with van der Waals surface area (Å²) in [4.78, 5) is 11.9. The van der Waals surface area contributed by atoms with E-state index in [1.54, 1.807) is 13.2 Å². The highest BCUT2D eigenvalue weighted by Gasteiger charge is 1.99. The minimum atomic E-state index is -0.137. The molecule has 4 heteroatoms. The molecule has 4 nitrogen and oxygen atoms in total. The molecule has 0 atom stereocenters. The summed E-state index contributed by atoms with van der Waals surface area (Å²) in [5, 5.41) is 2.85. The molecule has 2 aromatic rings. The van der Waals surface area contributed by atoms with Crippen molar-refractivity contribution in [2.24, 2.45) is 0 Å². The van der Waals surface area contributed by atoms with Crippen LogP contribution >= 0.6 is 0 Å². The average Bonchev–Trinajstić information content (AvgIpc) is 2.60. The van der Waals surface area contributed by atoms with E-state index >= 15 is 0 Å². The highest BCUT2D eigenvalue weighted by Crippen LogP contribution is 2.13. The molecule has 1 N–H and O–H groups in total. The van der Waals surface area contributed by atoms with Crippen molar-refractivity contribution in [2.75, 3.05) is 13.7 Å². The van der Waals surface area contributed by atoms with Gasteiger partial charge in [-0.25, -0.2) is 0 Å². The van der Waals surface area contributed by atoms with Gasteiger partial charge in [-0.2, -0.15) is 0 Å². The predicted molar refractivity (Wildman–Crippen MR) is 91.5 cm³/mol. The van der Waals surface area contributed by atoms with Crippen LogP contribution in [0.5, 0.6) is 11.5 Å². The number of hydrogen-bond donors (Lipinski definition) is 1. The summed E-state index contributed by atoms with van der Waals surface area (Å²) in [6, 6.07) is 15.2. The monoisotopic (exact) mass is 311 g/mol. The SMILES string of the molecule is CCOc1ccc(/C=C/C(=O)NCc2cccc(OC)c2)cc1. The second kappa shape index (κ2) is 8.63. The maximum Gasteiger partial charge on any atom is 0.244 e. The molecule has 0 aliphatic rings. The Morgan fingerprint density at radius 1 is 1.13 bits per heavy atom. The van der Waals surface area contributed by atoms with E-state index in [9.17, 15) is 4.79 Å². The van der Waals surface area contributed by atoms with Gasteiger partial charge in [0.05, 0.1) is 13.7 Å². The second-order valence-corrected chi connectivity index (χ2v) is 4.90. The molecule has 0 aromatic heterocycles. The van der Waals surface area contributed by atoms with E-state index < -0.39 is 0 Å². The molecule has 2 rings (SSSR count). The van der Waals surface area contributed by atoms with Crippen LogP contribution in [-0.2, 0) is 11.3 Å². The Morgan fingerprint density at radius 3 is 2.61 bits per heavy atom. The van der Waals surface area contributed by atoms with E-state index in [1.165, 1.54) is 6.08 Å². The van der Waals surface area contributed by atoms with Crippen LogP contribution in [0.15, 0.2) is 54.6 Å². The molecule has 0 unspecified atom stereocenters. The van der Waals surface area contributed by atoms with Crippen molar-refractivity contribution >= 4 is 12.0 Å². The maximum atomic E-state index is 11.9. The third-order valence-corrected chi connectivity index (χ3v) is 3.22. The summed E-state index contributed by atoms with van der Waals surface area (Å²) in [5.74, 6) is 1.47. The van der Waals surface area contributed by atoms with E-state index in [2.05, 4.69) is 5.32 Å². The first-order chi connectivity index (χ1) is 11.2. The van der Waals surface area contributed by atoms with Crippen molar-refractivity contribution in [1.82, 2.24) is 5.32 Å². The summed E-state index contributed by atoms with van der Waals surface area (Å²) < 4.78 is 10.5. The molecular weight excluding hydrogens is 290 g/mol. The van der Waals surface area contributed by atoms with Gasteiger partial charge in [-0.15, -0.1) is 0 Å². The smallest absolute Gasteiger partial charge is 0.244 e. The van der Waals surface area contributed by atoms with Gasteiger partial charge in [-0.3, -0.25) is 4.79 Å². The van der Waals surface area contributed by atoms with E-state index in [0.29, 0.717) is 13.2 Å². The first-order valence-corrected chi connectivity index (χ1v) is 7.53. The van der Waals surface area contributed by atoms with Crippen LogP contribution in [0.3, 0.4) is 0 Å². The normalized spacial score (nSPS) is 10.5. The lowest BCUT2D eigenvalue weighted by molar-refractivity contribution is -0.116. The molecule has 0 fully saturated rings. The first kappa shape index (κ1) is 16.6. The van der Waals surface area contributed by atoms with Gasteiger partial charge in [0.15, 0.2) is 0 Å². The third kappa shape index (κ3) is 5.51. The van der Waals surface area contributed by atoms with E-state index in [4.69, 9.17) is 9.47 Å². The molecule has 2 aromatic carbocycles. The molecule has 0 saturated carbocycles.